The Morgan fingerprint density at radius 3 is 2.51 bits per heavy atom. The van der Waals surface area contributed by atoms with Crippen LogP contribution in [0.25, 0.3) is 29.0 Å². The molecular weight excluding hydrogens is 467 g/mol. The number of allylic oxidation sites excluding steroid dienone is 2. The van der Waals surface area contributed by atoms with Crippen molar-refractivity contribution in [3.63, 3.8) is 0 Å². The maximum atomic E-state index is 5.52. The summed E-state index contributed by atoms with van der Waals surface area (Å²) in [6.07, 6.45) is 18.6. The Morgan fingerprint density at radius 2 is 1.74 bits per heavy atom. The fraction of sp³-hybridized carbons (Fsp3) is 0.158. The van der Waals surface area contributed by atoms with Gasteiger partial charge in [0.1, 0.15) is 0 Å². The van der Waals surface area contributed by atoms with E-state index in [0.29, 0.717) is 0 Å². The summed E-state index contributed by atoms with van der Waals surface area (Å²) in [5.74, 6) is 8.57. The van der Waals surface area contributed by atoms with E-state index in [0.717, 1.165) is 24.0 Å². The van der Waals surface area contributed by atoms with Crippen LogP contribution in [0.15, 0.2) is 73.3 Å². The maximum absolute atomic E-state index is 5.52. The van der Waals surface area contributed by atoms with Crippen molar-refractivity contribution < 1.29 is 0 Å². The quantitative estimate of drug-likeness (QED) is 0.207. The van der Waals surface area contributed by atoms with Gasteiger partial charge in [0.2, 0.25) is 6.71 Å². The van der Waals surface area contributed by atoms with Crippen LogP contribution in [-0.4, -0.2) is 6.71 Å². The third kappa shape index (κ3) is 4.67. The highest BCUT2D eigenvalue weighted by Gasteiger charge is 2.32. The molecule has 0 radical (unpaired) electrons. The first-order valence-corrected chi connectivity index (χ1v) is 13.7. The summed E-state index contributed by atoms with van der Waals surface area (Å²) < 4.78 is 0. The molecule has 0 spiro atoms. The minimum absolute atomic E-state index is 0.0218. The van der Waals surface area contributed by atoms with E-state index in [4.69, 9.17) is 6.42 Å². The molecule has 0 unspecified atom stereocenters. The molecule has 0 atom stereocenters. The third-order valence-corrected chi connectivity index (χ3v) is 8.06. The summed E-state index contributed by atoms with van der Waals surface area (Å²) in [6, 6.07) is 20.0. The molecule has 0 amide bonds. The van der Waals surface area contributed by atoms with Crippen LogP contribution in [0.4, 0.5) is 0 Å². The van der Waals surface area contributed by atoms with E-state index in [9.17, 15) is 0 Å². The molecular formula is C38H33B. The lowest BCUT2D eigenvalue weighted by Crippen LogP contribution is -2.57. The van der Waals surface area contributed by atoms with Crippen molar-refractivity contribution in [1.29, 1.82) is 0 Å². The Kier molecular flexibility index (Phi) is 7.45. The minimum atomic E-state index is 0.0218. The second kappa shape index (κ2) is 11.1. The zero-order valence-electron chi connectivity index (χ0n) is 23.4. The first kappa shape index (κ1) is 26.2. The molecule has 0 aliphatic heterocycles. The molecule has 5 rings (SSSR count). The van der Waals surface area contributed by atoms with E-state index in [-0.39, 0.29) is 6.71 Å². The first-order valence-electron chi connectivity index (χ1n) is 13.7. The van der Waals surface area contributed by atoms with Crippen LogP contribution in [-0.2, 0) is 6.42 Å². The molecule has 0 saturated heterocycles. The molecule has 39 heavy (non-hydrogen) atoms. The van der Waals surface area contributed by atoms with Gasteiger partial charge in [0.25, 0.3) is 0 Å². The number of aryl methyl sites for hydroxylation is 2. The van der Waals surface area contributed by atoms with Gasteiger partial charge in [-0.15, -0.1) is 6.42 Å². The number of hydrogen-bond acceptors (Lipinski definition) is 0. The molecule has 188 valence electrons. The topological polar surface area (TPSA) is 0 Å². The summed E-state index contributed by atoms with van der Waals surface area (Å²) in [4.78, 5) is 0. The summed E-state index contributed by atoms with van der Waals surface area (Å²) in [6.45, 7) is 12.9. The van der Waals surface area contributed by atoms with E-state index >= 15 is 0 Å². The third-order valence-electron chi connectivity index (χ3n) is 8.06. The minimum Gasteiger partial charge on any atom is -0.106 e. The Balaban J connectivity index is 1.98. The van der Waals surface area contributed by atoms with Gasteiger partial charge in [0.15, 0.2) is 0 Å². The lowest BCUT2D eigenvalue weighted by atomic mass is 9.33. The summed E-state index contributed by atoms with van der Waals surface area (Å²) in [5.41, 5.74) is 13.9. The van der Waals surface area contributed by atoms with E-state index < -0.39 is 0 Å². The lowest BCUT2D eigenvalue weighted by Gasteiger charge is -2.29. The van der Waals surface area contributed by atoms with E-state index in [1.54, 1.807) is 0 Å². The Morgan fingerprint density at radius 1 is 0.974 bits per heavy atom. The second-order valence-electron chi connectivity index (χ2n) is 10.3. The molecule has 0 nitrogen and oxygen atoms in total. The molecule has 4 aromatic rings. The summed E-state index contributed by atoms with van der Waals surface area (Å²) in [5, 5.41) is 2.59. The van der Waals surface area contributed by atoms with Gasteiger partial charge in [-0.2, -0.15) is 0 Å². The van der Waals surface area contributed by atoms with Crippen molar-refractivity contribution in [2.75, 3.05) is 0 Å². The van der Waals surface area contributed by atoms with E-state index in [2.05, 4.69) is 131 Å². The predicted octanol–water partition coefficient (Wildman–Crippen LogP) is 6.90. The largest absolute Gasteiger partial charge is 0.243 e. The summed E-state index contributed by atoms with van der Waals surface area (Å²) in [7, 11) is 0. The molecule has 0 saturated carbocycles. The Hall–Kier alpha value is -4.46. The molecule has 1 aliphatic carbocycles. The fourth-order valence-corrected chi connectivity index (χ4v) is 6.28. The summed E-state index contributed by atoms with van der Waals surface area (Å²) >= 11 is 0. The van der Waals surface area contributed by atoms with Crippen molar-refractivity contribution >= 4 is 52.1 Å². The Bertz CT molecular complexity index is 1780. The molecule has 0 N–H and O–H groups in total. The van der Waals surface area contributed by atoms with Crippen LogP contribution in [0.1, 0.15) is 57.9 Å². The smallest absolute Gasteiger partial charge is 0.106 e. The van der Waals surface area contributed by atoms with Crippen molar-refractivity contribution in [1.82, 2.24) is 0 Å². The van der Waals surface area contributed by atoms with E-state index in [1.807, 2.05) is 6.08 Å². The van der Waals surface area contributed by atoms with Crippen molar-refractivity contribution in [3.05, 3.63) is 118 Å². The first-order chi connectivity index (χ1) is 19.0. The van der Waals surface area contributed by atoms with Gasteiger partial charge in [0, 0.05) is 5.56 Å². The van der Waals surface area contributed by atoms with Crippen molar-refractivity contribution in [2.24, 2.45) is 0 Å². The molecule has 1 aliphatic rings. The van der Waals surface area contributed by atoms with Gasteiger partial charge in [-0.05, 0) is 97.0 Å². The highest BCUT2D eigenvalue weighted by molar-refractivity contribution is 6.97. The molecule has 0 bridgehead atoms. The number of fused-ring (bicyclic) bond motifs is 3. The van der Waals surface area contributed by atoms with Crippen LogP contribution >= 0.6 is 0 Å². The van der Waals surface area contributed by atoms with Gasteiger partial charge in [-0.25, -0.2) is 0 Å². The number of hydrogen-bond donors (Lipinski definition) is 0. The Labute approximate surface area is 234 Å². The van der Waals surface area contributed by atoms with Crippen molar-refractivity contribution in [3.8, 4) is 24.2 Å². The SMILES string of the molecule is C#CC#Cc1ccc(C)c(B(c2cc3ccccc3c3c2CCC=C3)c2c(C)ccc(C=C)c2/C=C\C)c1C. The normalized spacial score (nSPS) is 12.1. The molecule has 1 heteroatoms. The maximum Gasteiger partial charge on any atom is 0.243 e. The highest BCUT2D eigenvalue weighted by Crippen LogP contribution is 2.28. The van der Waals surface area contributed by atoms with Gasteiger partial charge in [-0.1, -0.05) is 119 Å². The van der Waals surface area contributed by atoms with Gasteiger partial charge < -0.3 is 0 Å². The highest BCUT2D eigenvalue weighted by atomic mass is 14.2. The molecule has 0 heterocycles. The number of benzene rings is 4. The lowest BCUT2D eigenvalue weighted by molar-refractivity contribution is 0.997. The average molecular weight is 500 g/mol. The van der Waals surface area contributed by atoms with Gasteiger partial charge in [-0.3, -0.25) is 0 Å². The van der Waals surface area contributed by atoms with Crippen LogP contribution in [0.2, 0.25) is 0 Å². The predicted molar refractivity (Wildman–Crippen MR) is 174 cm³/mol. The zero-order valence-corrected chi connectivity index (χ0v) is 23.4. The van der Waals surface area contributed by atoms with Crippen LogP contribution in [0, 0.1) is 45.0 Å². The standard InChI is InChI=1S/C38H33B/c1-7-10-16-30-24-22-26(4)37(28(30)6)39(38-27(5)21-23-29(9-3)33(38)15-8-2)36-25-31-17-11-12-18-32(31)34-19-13-14-20-35(34)36/h1,8-9,11-13,15,17-19,21-25H,3,14,20H2,2,4-6H3/b15-8-. The molecule has 0 fully saturated rings. The fourth-order valence-electron chi connectivity index (χ4n) is 6.28. The second-order valence-corrected chi connectivity index (χ2v) is 10.3. The van der Waals surface area contributed by atoms with Gasteiger partial charge >= 0.3 is 0 Å². The number of rotatable bonds is 5. The zero-order chi connectivity index (χ0) is 27.5. The van der Waals surface area contributed by atoms with Gasteiger partial charge in [0.05, 0.1) is 0 Å². The van der Waals surface area contributed by atoms with Crippen LogP contribution in [0.3, 0.4) is 0 Å². The molecule has 4 aromatic carbocycles. The van der Waals surface area contributed by atoms with Crippen LogP contribution < -0.4 is 16.4 Å². The number of terminal acetylenes is 1. The van der Waals surface area contributed by atoms with Crippen molar-refractivity contribution in [2.45, 2.75) is 40.5 Å². The monoisotopic (exact) mass is 500 g/mol. The molecule has 0 aromatic heterocycles. The van der Waals surface area contributed by atoms with Crippen LogP contribution in [0.5, 0.6) is 0 Å². The average Bonchev–Trinajstić information content (AvgIpc) is 2.95. The van der Waals surface area contributed by atoms with E-state index in [1.165, 1.54) is 60.5 Å².